The zero-order chi connectivity index (χ0) is 17.9. The Morgan fingerprint density at radius 1 is 1.08 bits per heavy atom. The number of fused-ring (bicyclic) bond motifs is 1. The van der Waals surface area contributed by atoms with Gasteiger partial charge in [-0.25, -0.2) is 0 Å². The molecule has 0 atom stereocenters. The first-order valence-corrected chi connectivity index (χ1v) is 9.38. The molecule has 3 aliphatic heterocycles. The summed E-state index contributed by atoms with van der Waals surface area (Å²) in [5.74, 6) is 1.57. The van der Waals surface area contributed by atoms with Crippen molar-refractivity contribution in [3.63, 3.8) is 0 Å². The third-order valence-corrected chi connectivity index (χ3v) is 5.20. The van der Waals surface area contributed by atoms with Gasteiger partial charge in [-0.2, -0.15) is 0 Å². The number of piperidine rings is 1. The summed E-state index contributed by atoms with van der Waals surface area (Å²) in [4.78, 5) is 14.3. The fourth-order valence-corrected chi connectivity index (χ4v) is 3.81. The first-order chi connectivity index (χ1) is 12.7. The third kappa shape index (κ3) is 3.82. The molecule has 2 fully saturated rings. The average molecular weight is 380 g/mol. The Kier molecular flexibility index (Phi) is 5.33. The summed E-state index contributed by atoms with van der Waals surface area (Å²) >= 11 is 6.23. The lowest BCUT2D eigenvalue weighted by atomic mass is 9.96. The van der Waals surface area contributed by atoms with E-state index < -0.39 is 0 Å². The largest absolute Gasteiger partial charge is 0.486 e. The Bertz CT molecular complexity index is 693. The molecule has 3 aliphatic rings. The molecule has 1 amide bonds. The van der Waals surface area contributed by atoms with Gasteiger partial charge in [0.1, 0.15) is 13.2 Å². The predicted molar refractivity (Wildman–Crippen MR) is 96.5 cm³/mol. The second-order valence-corrected chi connectivity index (χ2v) is 7.04. The molecule has 0 bridgehead atoms. The molecule has 26 heavy (non-hydrogen) atoms. The van der Waals surface area contributed by atoms with E-state index in [4.69, 9.17) is 30.5 Å². The van der Waals surface area contributed by atoms with Crippen molar-refractivity contribution in [3.8, 4) is 11.5 Å². The lowest BCUT2D eigenvalue weighted by molar-refractivity contribution is -0.131. The smallest absolute Gasteiger partial charge is 0.246 e. The molecule has 3 heterocycles. The van der Waals surface area contributed by atoms with Crippen LogP contribution in [0.4, 0.5) is 0 Å². The lowest BCUT2D eigenvalue weighted by Gasteiger charge is -2.33. The number of benzene rings is 1. The van der Waals surface area contributed by atoms with E-state index in [0.29, 0.717) is 48.9 Å². The van der Waals surface area contributed by atoms with E-state index in [0.717, 1.165) is 31.5 Å². The fraction of sp³-hybridized carbons (Fsp3) is 0.526. The van der Waals surface area contributed by atoms with Gasteiger partial charge in [0.25, 0.3) is 0 Å². The standard InChI is InChI=1S/C19H22ClNO5/c20-15-11-13(12-16-18(15)24-8-7-23-16)1-2-17(22)21-5-3-14(4-6-21)19-25-9-10-26-19/h1-2,11-12,14,19H,3-10H2/b2-1+. The van der Waals surface area contributed by atoms with Crippen LogP contribution < -0.4 is 9.47 Å². The number of amides is 1. The summed E-state index contributed by atoms with van der Waals surface area (Å²) in [5.41, 5.74) is 0.815. The third-order valence-electron chi connectivity index (χ3n) is 4.92. The van der Waals surface area contributed by atoms with Crippen molar-refractivity contribution in [1.29, 1.82) is 0 Å². The van der Waals surface area contributed by atoms with Gasteiger partial charge >= 0.3 is 0 Å². The molecule has 6 nitrogen and oxygen atoms in total. The summed E-state index contributed by atoms with van der Waals surface area (Å²) < 4.78 is 22.2. The number of carbonyl (C=O) groups is 1. The number of halogens is 1. The normalized spacial score (nSPS) is 21.5. The van der Waals surface area contributed by atoms with E-state index in [1.165, 1.54) is 0 Å². The van der Waals surface area contributed by atoms with E-state index in [-0.39, 0.29) is 12.2 Å². The maximum Gasteiger partial charge on any atom is 0.246 e. The quantitative estimate of drug-likeness (QED) is 0.756. The van der Waals surface area contributed by atoms with Gasteiger partial charge in [0.05, 0.1) is 18.2 Å². The summed E-state index contributed by atoms with van der Waals surface area (Å²) in [6.45, 7) is 3.78. The van der Waals surface area contributed by atoms with Crippen molar-refractivity contribution in [2.24, 2.45) is 5.92 Å². The second kappa shape index (κ2) is 7.86. The minimum absolute atomic E-state index is 0.00252. The van der Waals surface area contributed by atoms with Gasteiger partial charge in [0.2, 0.25) is 5.91 Å². The van der Waals surface area contributed by atoms with Gasteiger partial charge < -0.3 is 23.8 Å². The Labute approximate surface area is 157 Å². The minimum atomic E-state index is -0.0948. The molecule has 1 aromatic carbocycles. The van der Waals surface area contributed by atoms with Gasteiger partial charge in [-0.3, -0.25) is 4.79 Å². The van der Waals surface area contributed by atoms with Crippen molar-refractivity contribution in [3.05, 3.63) is 28.8 Å². The Hall–Kier alpha value is -1.76. The van der Waals surface area contributed by atoms with Crippen LogP contribution in [0.15, 0.2) is 18.2 Å². The highest BCUT2D eigenvalue weighted by Gasteiger charge is 2.31. The van der Waals surface area contributed by atoms with E-state index in [9.17, 15) is 4.79 Å². The average Bonchev–Trinajstić information content (AvgIpc) is 3.21. The maximum atomic E-state index is 12.5. The molecule has 4 rings (SSSR count). The van der Waals surface area contributed by atoms with Crippen molar-refractivity contribution < 1.29 is 23.7 Å². The Morgan fingerprint density at radius 3 is 2.58 bits per heavy atom. The molecular formula is C19H22ClNO5. The van der Waals surface area contributed by atoms with Gasteiger partial charge in [0.15, 0.2) is 17.8 Å². The molecule has 0 N–H and O–H groups in total. The van der Waals surface area contributed by atoms with Crippen LogP contribution in [0.1, 0.15) is 18.4 Å². The van der Waals surface area contributed by atoms with Crippen molar-refractivity contribution in [1.82, 2.24) is 4.90 Å². The zero-order valence-electron chi connectivity index (χ0n) is 14.5. The topological polar surface area (TPSA) is 57.2 Å². The van der Waals surface area contributed by atoms with Gasteiger partial charge in [-0.15, -0.1) is 0 Å². The van der Waals surface area contributed by atoms with E-state index >= 15 is 0 Å². The molecule has 0 unspecified atom stereocenters. The molecule has 0 radical (unpaired) electrons. The van der Waals surface area contributed by atoms with Crippen LogP contribution in [0.2, 0.25) is 5.02 Å². The molecule has 0 saturated carbocycles. The van der Waals surface area contributed by atoms with Crippen molar-refractivity contribution in [2.45, 2.75) is 19.1 Å². The van der Waals surface area contributed by atoms with E-state index in [1.807, 2.05) is 11.0 Å². The molecule has 0 aliphatic carbocycles. The number of hydrogen-bond acceptors (Lipinski definition) is 5. The van der Waals surface area contributed by atoms with Crippen LogP contribution >= 0.6 is 11.6 Å². The minimum Gasteiger partial charge on any atom is -0.486 e. The molecular weight excluding hydrogens is 358 g/mol. The highest BCUT2D eigenvalue weighted by molar-refractivity contribution is 6.32. The maximum absolute atomic E-state index is 12.5. The van der Waals surface area contributed by atoms with E-state index in [2.05, 4.69) is 0 Å². The van der Waals surface area contributed by atoms with Crippen LogP contribution in [0.25, 0.3) is 6.08 Å². The zero-order valence-corrected chi connectivity index (χ0v) is 15.2. The molecule has 1 aromatic rings. The van der Waals surface area contributed by atoms with Crippen LogP contribution in [-0.2, 0) is 14.3 Å². The first-order valence-electron chi connectivity index (χ1n) is 9.00. The number of nitrogens with zero attached hydrogens (tertiary/aromatic N) is 1. The number of rotatable bonds is 3. The SMILES string of the molecule is O=C(/C=C/c1cc(Cl)c2c(c1)OCCO2)N1CCC(C2OCCO2)CC1. The summed E-state index contributed by atoms with van der Waals surface area (Å²) in [7, 11) is 0. The Morgan fingerprint density at radius 2 is 1.81 bits per heavy atom. The van der Waals surface area contributed by atoms with Crippen LogP contribution in [0, 0.1) is 5.92 Å². The molecule has 0 aromatic heterocycles. The number of carbonyl (C=O) groups excluding carboxylic acids is 1. The molecule has 0 spiro atoms. The summed E-state index contributed by atoms with van der Waals surface area (Å²) in [5, 5.41) is 0.492. The monoisotopic (exact) mass is 379 g/mol. The van der Waals surface area contributed by atoms with Gasteiger partial charge in [-0.05, 0) is 36.6 Å². The fourth-order valence-electron chi connectivity index (χ4n) is 3.54. The second-order valence-electron chi connectivity index (χ2n) is 6.63. The van der Waals surface area contributed by atoms with Crippen LogP contribution in [0.3, 0.4) is 0 Å². The number of likely N-dealkylation sites (tertiary alicyclic amines) is 1. The molecule has 2 saturated heterocycles. The van der Waals surface area contributed by atoms with Gasteiger partial charge in [0, 0.05) is 25.1 Å². The molecule has 140 valence electrons. The highest BCUT2D eigenvalue weighted by Crippen LogP contribution is 2.38. The number of hydrogen-bond donors (Lipinski definition) is 0. The van der Waals surface area contributed by atoms with Crippen LogP contribution in [0.5, 0.6) is 11.5 Å². The Balaban J connectivity index is 1.35. The molecule has 7 heteroatoms. The lowest BCUT2D eigenvalue weighted by Crippen LogP contribution is -2.40. The first kappa shape index (κ1) is 17.6. The van der Waals surface area contributed by atoms with Gasteiger partial charge in [-0.1, -0.05) is 11.6 Å². The van der Waals surface area contributed by atoms with Crippen molar-refractivity contribution in [2.75, 3.05) is 39.5 Å². The predicted octanol–water partition coefficient (Wildman–Crippen LogP) is 2.74. The summed E-state index contributed by atoms with van der Waals surface area (Å²) in [6.07, 6.45) is 5.06. The number of ether oxygens (including phenoxy) is 4. The highest BCUT2D eigenvalue weighted by atomic mass is 35.5. The van der Waals surface area contributed by atoms with E-state index in [1.54, 1.807) is 18.2 Å². The van der Waals surface area contributed by atoms with Crippen LogP contribution in [-0.4, -0.2) is 56.6 Å². The van der Waals surface area contributed by atoms with Crippen molar-refractivity contribution >= 4 is 23.6 Å². The summed E-state index contributed by atoms with van der Waals surface area (Å²) in [6, 6.07) is 3.62.